The van der Waals surface area contributed by atoms with Crippen LogP contribution in [0.2, 0.25) is 0 Å². The second-order valence-corrected chi connectivity index (χ2v) is 2.56. The maximum absolute atomic E-state index is 9.13. The van der Waals surface area contributed by atoms with Gasteiger partial charge in [-0.1, -0.05) is 13.8 Å². The van der Waals surface area contributed by atoms with Crippen LogP contribution in [0.3, 0.4) is 0 Å². The van der Waals surface area contributed by atoms with Gasteiger partial charge in [-0.05, 0) is 12.8 Å². The Balaban J connectivity index is 3.44. The van der Waals surface area contributed by atoms with Crippen molar-refractivity contribution in [3.8, 4) is 6.07 Å². The molecule has 0 rings (SSSR count). The number of nitriles is 1. The summed E-state index contributed by atoms with van der Waals surface area (Å²) in [5.74, 6) is 0. The second kappa shape index (κ2) is 6.14. The van der Waals surface area contributed by atoms with E-state index in [1.165, 1.54) is 0 Å². The summed E-state index contributed by atoms with van der Waals surface area (Å²) in [4.78, 5) is 0. The van der Waals surface area contributed by atoms with Gasteiger partial charge in [0.05, 0.1) is 18.2 Å². The average Bonchev–Trinajstić information content (AvgIpc) is 2.06. The van der Waals surface area contributed by atoms with Crippen molar-refractivity contribution < 1.29 is 5.11 Å². The van der Waals surface area contributed by atoms with Gasteiger partial charge >= 0.3 is 0 Å². The molecule has 0 aromatic carbocycles. The highest BCUT2D eigenvalue weighted by Gasteiger charge is 2.05. The Morgan fingerprint density at radius 1 is 1.45 bits per heavy atom. The Kier molecular flexibility index (Phi) is 5.81. The molecule has 2 unspecified atom stereocenters. The Morgan fingerprint density at radius 2 is 2.09 bits per heavy atom. The lowest BCUT2D eigenvalue weighted by Crippen LogP contribution is -2.33. The Morgan fingerprint density at radius 3 is 2.45 bits per heavy atom. The van der Waals surface area contributed by atoms with Crippen molar-refractivity contribution in [2.75, 3.05) is 6.54 Å². The monoisotopic (exact) mass is 156 g/mol. The van der Waals surface area contributed by atoms with Crippen LogP contribution in [-0.4, -0.2) is 23.8 Å². The molecule has 0 aliphatic rings. The molecule has 0 spiro atoms. The summed E-state index contributed by atoms with van der Waals surface area (Å²) < 4.78 is 0. The van der Waals surface area contributed by atoms with Crippen molar-refractivity contribution in [2.24, 2.45) is 0 Å². The molecule has 0 amide bonds. The van der Waals surface area contributed by atoms with Gasteiger partial charge in [0, 0.05) is 6.54 Å². The third-order valence-electron chi connectivity index (χ3n) is 1.64. The molecule has 0 aromatic rings. The van der Waals surface area contributed by atoms with Crippen LogP contribution in [-0.2, 0) is 0 Å². The lowest BCUT2D eigenvalue weighted by molar-refractivity contribution is 0.165. The van der Waals surface area contributed by atoms with Crippen molar-refractivity contribution in [3.63, 3.8) is 0 Å². The van der Waals surface area contributed by atoms with E-state index in [4.69, 9.17) is 10.4 Å². The molecule has 0 fully saturated rings. The van der Waals surface area contributed by atoms with Crippen molar-refractivity contribution in [1.82, 2.24) is 5.32 Å². The van der Waals surface area contributed by atoms with Crippen LogP contribution in [0.4, 0.5) is 0 Å². The van der Waals surface area contributed by atoms with E-state index in [1.807, 2.05) is 13.8 Å². The smallest absolute Gasteiger partial charge is 0.0951 e. The van der Waals surface area contributed by atoms with Gasteiger partial charge < -0.3 is 5.11 Å². The summed E-state index contributed by atoms with van der Waals surface area (Å²) in [6.07, 6.45) is 1.19. The van der Waals surface area contributed by atoms with E-state index in [9.17, 15) is 0 Å². The average molecular weight is 156 g/mol. The third kappa shape index (κ3) is 4.77. The molecule has 11 heavy (non-hydrogen) atoms. The highest BCUT2D eigenvalue weighted by molar-refractivity contribution is 4.88. The predicted octanol–water partition coefficient (Wildman–Crippen LogP) is 0.649. The van der Waals surface area contributed by atoms with Crippen molar-refractivity contribution in [1.29, 1.82) is 5.26 Å². The number of rotatable bonds is 5. The Hall–Kier alpha value is -0.590. The molecule has 0 saturated heterocycles. The Bertz CT molecular complexity index is 131. The van der Waals surface area contributed by atoms with Gasteiger partial charge in [0.1, 0.15) is 0 Å². The molecule has 64 valence electrons. The van der Waals surface area contributed by atoms with Crippen LogP contribution in [0.5, 0.6) is 0 Å². The summed E-state index contributed by atoms with van der Waals surface area (Å²) in [5.41, 5.74) is 0. The molecule has 0 saturated carbocycles. The SMILES string of the molecule is CCC(O)CNC(C#N)CC. The Labute approximate surface area is 68.0 Å². The molecule has 2 atom stereocenters. The van der Waals surface area contributed by atoms with E-state index in [2.05, 4.69) is 11.4 Å². The van der Waals surface area contributed by atoms with E-state index >= 15 is 0 Å². The molecule has 0 aromatic heterocycles. The first-order valence-electron chi connectivity index (χ1n) is 4.05. The molecule has 0 aliphatic heterocycles. The minimum absolute atomic E-state index is 0.115. The fraction of sp³-hybridized carbons (Fsp3) is 0.875. The van der Waals surface area contributed by atoms with E-state index in [1.54, 1.807) is 0 Å². The van der Waals surface area contributed by atoms with Gasteiger partial charge in [0.25, 0.3) is 0 Å². The zero-order valence-electron chi connectivity index (χ0n) is 7.17. The number of hydrogen-bond donors (Lipinski definition) is 2. The van der Waals surface area contributed by atoms with Gasteiger partial charge in [-0.15, -0.1) is 0 Å². The summed E-state index contributed by atoms with van der Waals surface area (Å²) in [7, 11) is 0. The highest BCUT2D eigenvalue weighted by atomic mass is 16.3. The lowest BCUT2D eigenvalue weighted by Gasteiger charge is -2.11. The maximum Gasteiger partial charge on any atom is 0.0951 e. The van der Waals surface area contributed by atoms with Crippen molar-refractivity contribution in [2.45, 2.75) is 38.8 Å². The zero-order valence-corrected chi connectivity index (χ0v) is 7.17. The molecule has 0 heterocycles. The normalized spacial score (nSPS) is 15.5. The molecular formula is C8H16N2O. The molecule has 0 bridgehead atoms. The predicted molar refractivity (Wildman–Crippen MR) is 44.0 cm³/mol. The van der Waals surface area contributed by atoms with Crippen molar-refractivity contribution >= 4 is 0 Å². The van der Waals surface area contributed by atoms with Crippen LogP contribution < -0.4 is 5.32 Å². The lowest BCUT2D eigenvalue weighted by atomic mass is 10.2. The topological polar surface area (TPSA) is 56.0 Å². The molecule has 0 radical (unpaired) electrons. The van der Waals surface area contributed by atoms with E-state index in [0.29, 0.717) is 6.54 Å². The van der Waals surface area contributed by atoms with E-state index < -0.39 is 0 Å². The molecule has 2 N–H and O–H groups in total. The fourth-order valence-corrected chi connectivity index (χ4v) is 0.704. The molecular weight excluding hydrogens is 140 g/mol. The van der Waals surface area contributed by atoms with Gasteiger partial charge in [0.15, 0.2) is 0 Å². The summed E-state index contributed by atoms with van der Waals surface area (Å²) >= 11 is 0. The number of nitrogens with one attached hydrogen (secondary N) is 1. The van der Waals surface area contributed by atoms with E-state index in [0.717, 1.165) is 12.8 Å². The minimum Gasteiger partial charge on any atom is -0.392 e. The molecule has 3 heteroatoms. The standard InChI is InChI=1S/C8H16N2O/c1-3-7(5-9)10-6-8(11)4-2/h7-8,10-11H,3-4,6H2,1-2H3. The minimum atomic E-state index is -0.322. The van der Waals surface area contributed by atoms with Crippen LogP contribution in [0.25, 0.3) is 0 Å². The zero-order chi connectivity index (χ0) is 8.69. The highest BCUT2D eigenvalue weighted by Crippen LogP contribution is 1.91. The summed E-state index contributed by atoms with van der Waals surface area (Å²) in [5, 5.41) is 20.6. The maximum atomic E-state index is 9.13. The molecule has 3 nitrogen and oxygen atoms in total. The van der Waals surface area contributed by atoms with Gasteiger partial charge in [0.2, 0.25) is 0 Å². The number of nitrogens with zero attached hydrogens (tertiary/aromatic N) is 1. The summed E-state index contributed by atoms with van der Waals surface area (Å²) in [6.45, 7) is 4.38. The number of aliphatic hydroxyl groups is 1. The van der Waals surface area contributed by atoms with Crippen molar-refractivity contribution in [3.05, 3.63) is 0 Å². The first-order chi connectivity index (χ1) is 5.24. The largest absolute Gasteiger partial charge is 0.392 e. The second-order valence-electron chi connectivity index (χ2n) is 2.56. The van der Waals surface area contributed by atoms with Crippen LogP contribution >= 0.6 is 0 Å². The first kappa shape index (κ1) is 10.4. The number of hydrogen-bond acceptors (Lipinski definition) is 3. The van der Waals surface area contributed by atoms with Crippen LogP contribution in [0, 0.1) is 11.3 Å². The molecule has 0 aliphatic carbocycles. The van der Waals surface area contributed by atoms with Crippen LogP contribution in [0.1, 0.15) is 26.7 Å². The first-order valence-corrected chi connectivity index (χ1v) is 4.05. The van der Waals surface area contributed by atoms with Crippen LogP contribution in [0.15, 0.2) is 0 Å². The van der Waals surface area contributed by atoms with Gasteiger partial charge in [-0.3, -0.25) is 5.32 Å². The quantitative estimate of drug-likeness (QED) is 0.614. The van der Waals surface area contributed by atoms with Gasteiger partial charge in [-0.25, -0.2) is 0 Å². The van der Waals surface area contributed by atoms with Gasteiger partial charge in [-0.2, -0.15) is 5.26 Å². The summed E-state index contributed by atoms with van der Waals surface area (Å²) in [6, 6.07) is 1.99. The fourth-order valence-electron chi connectivity index (χ4n) is 0.704. The van der Waals surface area contributed by atoms with E-state index in [-0.39, 0.29) is 12.1 Å². The third-order valence-corrected chi connectivity index (χ3v) is 1.64. The number of aliphatic hydroxyl groups excluding tert-OH is 1.